The maximum Gasteiger partial charge on any atom is 0.247 e. The summed E-state index contributed by atoms with van der Waals surface area (Å²) in [5, 5.41) is 2.91. The summed E-state index contributed by atoms with van der Waals surface area (Å²) in [5.41, 5.74) is 1.86. The first-order chi connectivity index (χ1) is 13.1. The van der Waals surface area contributed by atoms with Crippen LogP contribution in [0.1, 0.15) is 18.4 Å². The summed E-state index contributed by atoms with van der Waals surface area (Å²) >= 11 is 1.53. The Hall–Kier alpha value is -2.47. The van der Waals surface area contributed by atoms with Crippen LogP contribution in [-0.2, 0) is 9.59 Å². The number of anilines is 1. The van der Waals surface area contributed by atoms with E-state index in [0.717, 1.165) is 22.6 Å². The highest BCUT2D eigenvalue weighted by atomic mass is 32.2. The van der Waals surface area contributed by atoms with E-state index in [4.69, 9.17) is 4.74 Å². The van der Waals surface area contributed by atoms with Crippen LogP contribution in [0.25, 0.3) is 0 Å². The molecule has 1 aliphatic heterocycles. The Balaban J connectivity index is 1.59. The zero-order valence-corrected chi connectivity index (χ0v) is 16.4. The summed E-state index contributed by atoms with van der Waals surface area (Å²) in [4.78, 5) is 28.2. The van der Waals surface area contributed by atoms with E-state index >= 15 is 0 Å². The van der Waals surface area contributed by atoms with E-state index in [0.29, 0.717) is 24.4 Å². The lowest BCUT2D eigenvalue weighted by Crippen LogP contribution is -2.43. The number of nitrogens with zero attached hydrogens (tertiary/aromatic N) is 1. The van der Waals surface area contributed by atoms with Crippen LogP contribution in [0.3, 0.4) is 0 Å². The van der Waals surface area contributed by atoms with Crippen LogP contribution in [-0.4, -0.2) is 42.2 Å². The molecular formula is C21H24N2O3S. The van der Waals surface area contributed by atoms with Crippen molar-refractivity contribution in [1.82, 2.24) is 4.90 Å². The summed E-state index contributed by atoms with van der Waals surface area (Å²) in [6, 6.07) is 14.8. The number of amides is 2. The largest absolute Gasteiger partial charge is 0.497 e. The van der Waals surface area contributed by atoms with Crippen LogP contribution in [0, 0.1) is 6.92 Å². The number of carbonyl (C=O) groups is 2. The molecule has 1 heterocycles. The minimum atomic E-state index is -0.405. The maximum atomic E-state index is 12.7. The Morgan fingerprint density at radius 3 is 2.63 bits per heavy atom. The second-order valence-electron chi connectivity index (χ2n) is 6.52. The molecule has 1 aliphatic rings. The highest BCUT2D eigenvalue weighted by Gasteiger charge is 2.33. The van der Waals surface area contributed by atoms with Crippen molar-refractivity contribution in [3.05, 3.63) is 54.1 Å². The Bertz CT molecular complexity index is 807. The number of hydrogen-bond acceptors (Lipinski definition) is 4. The highest BCUT2D eigenvalue weighted by molar-refractivity contribution is 8.00. The first-order valence-electron chi connectivity index (χ1n) is 9.01. The number of hydrogen-bond donors (Lipinski definition) is 1. The average Bonchev–Trinajstić information content (AvgIpc) is 3.18. The Morgan fingerprint density at radius 2 is 1.93 bits per heavy atom. The zero-order chi connectivity index (χ0) is 19.2. The van der Waals surface area contributed by atoms with Crippen LogP contribution >= 0.6 is 11.8 Å². The third kappa shape index (κ3) is 4.83. The van der Waals surface area contributed by atoms with Crippen LogP contribution < -0.4 is 10.1 Å². The SMILES string of the molecule is COc1ccc(NC(=O)C2CCCN2C(=O)CSc2ccccc2C)cc1. The molecule has 1 atom stereocenters. The van der Waals surface area contributed by atoms with Crippen molar-refractivity contribution < 1.29 is 14.3 Å². The number of ether oxygens (including phenoxy) is 1. The first kappa shape index (κ1) is 19.3. The molecule has 1 saturated heterocycles. The predicted molar refractivity (Wildman–Crippen MR) is 108 cm³/mol. The quantitative estimate of drug-likeness (QED) is 0.771. The minimum absolute atomic E-state index is 0.00985. The average molecular weight is 385 g/mol. The van der Waals surface area contributed by atoms with Crippen molar-refractivity contribution in [3.8, 4) is 5.75 Å². The molecular weight excluding hydrogens is 360 g/mol. The molecule has 0 saturated carbocycles. The van der Waals surface area contributed by atoms with Gasteiger partial charge in [0, 0.05) is 17.1 Å². The van der Waals surface area contributed by atoms with E-state index in [2.05, 4.69) is 5.32 Å². The van der Waals surface area contributed by atoms with Gasteiger partial charge in [0.15, 0.2) is 0 Å². The molecule has 5 nitrogen and oxygen atoms in total. The third-order valence-corrected chi connectivity index (χ3v) is 5.84. The molecule has 2 amide bonds. The number of carbonyl (C=O) groups excluding carboxylic acids is 2. The second-order valence-corrected chi connectivity index (χ2v) is 7.53. The molecule has 0 aliphatic carbocycles. The Labute approximate surface area is 164 Å². The lowest BCUT2D eigenvalue weighted by molar-refractivity contribution is -0.134. The van der Waals surface area contributed by atoms with Crippen LogP contribution in [0.5, 0.6) is 5.75 Å². The number of thioether (sulfide) groups is 1. The zero-order valence-electron chi connectivity index (χ0n) is 15.6. The van der Waals surface area contributed by atoms with Gasteiger partial charge in [-0.2, -0.15) is 0 Å². The van der Waals surface area contributed by atoms with Crippen LogP contribution in [0.2, 0.25) is 0 Å². The number of rotatable bonds is 6. The van der Waals surface area contributed by atoms with Gasteiger partial charge in [0.2, 0.25) is 11.8 Å². The van der Waals surface area contributed by atoms with Crippen molar-refractivity contribution in [2.45, 2.75) is 30.7 Å². The van der Waals surface area contributed by atoms with Gasteiger partial charge >= 0.3 is 0 Å². The fourth-order valence-electron chi connectivity index (χ4n) is 3.18. The number of aryl methyl sites for hydroxylation is 1. The molecule has 142 valence electrons. The van der Waals surface area contributed by atoms with E-state index in [1.807, 2.05) is 31.2 Å². The number of nitrogens with one attached hydrogen (secondary N) is 1. The number of likely N-dealkylation sites (tertiary alicyclic amines) is 1. The molecule has 0 radical (unpaired) electrons. The third-order valence-electron chi connectivity index (χ3n) is 4.68. The van der Waals surface area contributed by atoms with Gasteiger partial charge in [-0.25, -0.2) is 0 Å². The minimum Gasteiger partial charge on any atom is -0.497 e. The van der Waals surface area contributed by atoms with Gasteiger partial charge in [-0.15, -0.1) is 11.8 Å². The van der Waals surface area contributed by atoms with Gasteiger partial charge in [-0.3, -0.25) is 9.59 Å². The summed E-state index contributed by atoms with van der Waals surface area (Å²) in [6.07, 6.45) is 1.55. The van der Waals surface area contributed by atoms with Gasteiger partial charge in [0.1, 0.15) is 11.8 Å². The van der Waals surface area contributed by atoms with E-state index in [1.54, 1.807) is 36.3 Å². The van der Waals surface area contributed by atoms with Gasteiger partial charge in [-0.1, -0.05) is 18.2 Å². The molecule has 3 rings (SSSR count). The molecule has 0 spiro atoms. The van der Waals surface area contributed by atoms with E-state index in [9.17, 15) is 9.59 Å². The predicted octanol–water partition coefficient (Wildman–Crippen LogP) is 3.73. The van der Waals surface area contributed by atoms with E-state index < -0.39 is 6.04 Å². The molecule has 2 aromatic carbocycles. The first-order valence-corrected chi connectivity index (χ1v) is 10.00. The summed E-state index contributed by atoms with van der Waals surface area (Å²) in [5.74, 6) is 0.957. The normalized spacial score (nSPS) is 16.2. The van der Waals surface area contributed by atoms with Crippen molar-refractivity contribution in [3.63, 3.8) is 0 Å². The fraction of sp³-hybridized carbons (Fsp3) is 0.333. The van der Waals surface area contributed by atoms with Crippen molar-refractivity contribution >= 4 is 29.3 Å². The second kappa shape index (κ2) is 8.95. The van der Waals surface area contributed by atoms with Crippen molar-refractivity contribution in [2.75, 3.05) is 24.7 Å². The monoisotopic (exact) mass is 384 g/mol. The van der Waals surface area contributed by atoms with Gasteiger partial charge in [-0.05, 0) is 55.7 Å². The molecule has 2 aromatic rings. The van der Waals surface area contributed by atoms with Gasteiger partial charge < -0.3 is 15.0 Å². The summed E-state index contributed by atoms with van der Waals surface area (Å²) < 4.78 is 5.13. The van der Waals surface area contributed by atoms with E-state index in [-0.39, 0.29) is 11.8 Å². The molecule has 27 heavy (non-hydrogen) atoms. The lowest BCUT2D eigenvalue weighted by atomic mass is 10.2. The van der Waals surface area contributed by atoms with Gasteiger partial charge in [0.25, 0.3) is 0 Å². The van der Waals surface area contributed by atoms with E-state index in [1.165, 1.54) is 11.8 Å². The van der Waals surface area contributed by atoms with Crippen molar-refractivity contribution in [1.29, 1.82) is 0 Å². The van der Waals surface area contributed by atoms with Gasteiger partial charge in [0.05, 0.1) is 12.9 Å². The van der Waals surface area contributed by atoms with Crippen LogP contribution in [0.4, 0.5) is 5.69 Å². The maximum absolute atomic E-state index is 12.7. The Kier molecular flexibility index (Phi) is 6.40. The van der Waals surface area contributed by atoms with Crippen LogP contribution in [0.15, 0.2) is 53.4 Å². The number of benzene rings is 2. The standard InChI is InChI=1S/C21H24N2O3S/c1-15-6-3-4-8-19(15)27-14-20(24)23-13-5-7-18(23)21(25)22-16-9-11-17(26-2)12-10-16/h3-4,6,8-12,18H,5,7,13-14H2,1-2H3,(H,22,25). The van der Waals surface area contributed by atoms with Crippen molar-refractivity contribution in [2.24, 2.45) is 0 Å². The highest BCUT2D eigenvalue weighted by Crippen LogP contribution is 2.25. The molecule has 0 bridgehead atoms. The molecule has 1 fully saturated rings. The smallest absolute Gasteiger partial charge is 0.247 e. The Morgan fingerprint density at radius 1 is 1.19 bits per heavy atom. The summed E-state index contributed by atoms with van der Waals surface area (Å²) in [6.45, 7) is 2.67. The lowest BCUT2D eigenvalue weighted by Gasteiger charge is -2.24. The molecule has 0 aromatic heterocycles. The molecule has 6 heteroatoms. The summed E-state index contributed by atoms with van der Waals surface area (Å²) in [7, 11) is 1.60. The fourth-order valence-corrected chi connectivity index (χ4v) is 4.09. The topological polar surface area (TPSA) is 58.6 Å². The molecule has 1 N–H and O–H groups in total. The number of methoxy groups -OCH3 is 1. The molecule has 1 unspecified atom stereocenters.